The smallest absolute Gasteiger partial charge is 0.0372 e. The molecule has 2 N–H and O–H groups in total. The van der Waals surface area contributed by atoms with Gasteiger partial charge in [-0.25, -0.2) is 0 Å². The van der Waals surface area contributed by atoms with E-state index in [2.05, 4.69) is 17.1 Å². The Bertz CT molecular complexity index is 285. The van der Waals surface area contributed by atoms with Crippen molar-refractivity contribution in [3.8, 4) is 0 Å². The molecule has 0 spiro atoms. The molecular formula is C11H16N2. The Balaban J connectivity index is 2.06. The molecule has 0 unspecified atom stereocenters. The number of nitrogens with zero attached hydrogens (tertiary/aromatic N) is 1. The highest BCUT2D eigenvalue weighted by Gasteiger charge is 2.40. The summed E-state index contributed by atoms with van der Waals surface area (Å²) in [4.78, 5) is 4.28. The van der Waals surface area contributed by atoms with E-state index in [1.165, 1.54) is 18.4 Å². The van der Waals surface area contributed by atoms with Gasteiger partial charge in [0.2, 0.25) is 0 Å². The van der Waals surface area contributed by atoms with Gasteiger partial charge in [-0.2, -0.15) is 0 Å². The first-order valence-corrected chi connectivity index (χ1v) is 4.86. The van der Waals surface area contributed by atoms with Crippen LogP contribution in [0.4, 0.5) is 0 Å². The van der Waals surface area contributed by atoms with Crippen LogP contribution in [0.1, 0.15) is 24.1 Å². The van der Waals surface area contributed by atoms with Crippen LogP contribution in [0.15, 0.2) is 18.3 Å². The number of rotatable bonds is 3. The second kappa shape index (κ2) is 3.11. The summed E-state index contributed by atoms with van der Waals surface area (Å²) in [6.07, 6.45) is 5.66. The molecule has 2 heteroatoms. The SMILES string of the molecule is Cc1ccc(CC2(CN)CC2)cn1. The first kappa shape index (κ1) is 8.70. The van der Waals surface area contributed by atoms with E-state index in [0.29, 0.717) is 5.41 Å². The van der Waals surface area contributed by atoms with E-state index in [4.69, 9.17) is 5.73 Å². The van der Waals surface area contributed by atoms with Crippen LogP contribution < -0.4 is 5.73 Å². The summed E-state index contributed by atoms with van der Waals surface area (Å²) in [5.41, 5.74) is 8.57. The highest BCUT2D eigenvalue weighted by molar-refractivity contribution is 5.17. The van der Waals surface area contributed by atoms with Crippen molar-refractivity contribution in [3.63, 3.8) is 0 Å². The fourth-order valence-electron chi connectivity index (χ4n) is 1.67. The van der Waals surface area contributed by atoms with E-state index < -0.39 is 0 Å². The summed E-state index contributed by atoms with van der Waals surface area (Å²) in [7, 11) is 0. The summed E-state index contributed by atoms with van der Waals surface area (Å²) in [5, 5.41) is 0. The second-order valence-corrected chi connectivity index (χ2v) is 4.19. The fraction of sp³-hybridized carbons (Fsp3) is 0.545. The van der Waals surface area contributed by atoms with E-state index >= 15 is 0 Å². The van der Waals surface area contributed by atoms with Crippen LogP contribution in [-0.2, 0) is 6.42 Å². The molecule has 1 aromatic heterocycles. The maximum absolute atomic E-state index is 5.73. The van der Waals surface area contributed by atoms with Crippen molar-refractivity contribution in [2.75, 3.05) is 6.54 Å². The molecule has 0 amide bonds. The summed E-state index contributed by atoms with van der Waals surface area (Å²) >= 11 is 0. The Morgan fingerprint density at radius 2 is 2.23 bits per heavy atom. The standard InChI is InChI=1S/C11H16N2/c1-9-2-3-10(7-13-9)6-11(8-12)4-5-11/h2-3,7H,4-6,8,12H2,1H3. The zero-order valence-corrected chi connectivity index (χ0v) is 8.09. The minimum atomic E-state index is 0.428. The van der Waals surface area contributed by atoms with Gasteiger partial charge in [0, 0.05) is 11.9 Å². The Hall–Kier alpha value is -0.890. The van der Waals surface area contributed by atoms with Gasteiger partial charge >= 0.3 is 0 Å². The van der Waals surface area contributed by atoms with Crippen LogP contribution in [0.25, 0.3) is 0 Å². The molecule has 0 bridgehead atoms. The minimum Gasteiger partial charge on any atom is -0.330 e. The van der Waals surface area contributed by atoms with Crippen LogP contribution >= 0.6 is 0 Å². The van der Waals surface area contributed by atoms with E-state index in [-0.39, 0.29) is 0 Å². The third kappa shape index (κ3) is 1.89. The van der Waals surface area contributed by atoms with Crippen molar-refractivity contribution >= 4 is 0 Å². The number of hydrogen-bond donors (Lipinski definition) is 1. The molecule has 0 aromatic carbocycles. The van der Waals surface area contributed by atoms with Gasteiger partial charge in [0.25, 0.3) is 0 Å². The number of pyridine rings is 1. The molecule has 0 aliphatic heterocycles. The topological polar surface area (TPSA) is 38.9 Å². The van der Waals surface area contributed by atoms with Crippen LogP contribution in [0.2, 0.25) is 0 Å². The first-order chi connectivity index (χ1) is 6.24. The van der Waals surface area contributed by atoms with Gasteiger partial charge in [-0.3, -0.25) is 4.98 Å². The first-order valence-electron chi connectivity index (χ1n) is 4.86. The van der Waals surface area contributed by atoms with Crippen molar-refractivity contribution in [2.45, 2.75) is 26.2 Å². The summed E-state index contributed by atoms with van der Waals surface area (Å²) in [5.74, 6) is 0. The van der Waals surface area contributed by atoms with Gasteiger partial charge in [0.05, 0.1) is 0 Å². The van der Waals surface area contributed by atoms with Crippen LogP contribution in [0.5, 0.6) is 0 Å². The summed E-state index contributed by atoms with van der Waals surface area (Å²) in [6, 6.07) is 4.24. The second-order valence-electron chi connectivity index (χ2n) is 4.19. The quantitative estimate of drug-likeness (QED) is 0.761. The predicted molar refractivity (Wildman–Crippen MR) is 53.4 cm³/mol. The molecule has 1 aromatic rings. The molecule has 1 heterocycles. The summed E-state index contributed by atoms with van der Waals surface area (Å²) in [6.45, 7) is 2.83. The molecule has 1 fully saturated rings. The minimum absolute atomic E-state index is 0.428. The average molecular weight is 176 g/mol. The molecule has 13 heavy (non-hydrogen) atoms. The Morgan fingerprint density at radius 1 is 1.46 bits per heavy atom. The van der Waals surface area contributed by atoms with Crippen molar-refractivity contribution in [2.24, 2.45) is 11.1 Å². The lowest BCUT2D eigenvalue weighted by molar-refractivity contribution is 0.520. The summed E-state index contributed by atoms with van der Waals surface area (Å²) < 4.78 is 0. The third-order valence-electron chi connectivity index (χ3n) is 2.94. The lowest BCUT2D eigenvalue weighted by Crippen LogP contribution is -2.17. The molecular weight excluding hydrogens is 160 g/mol. The molecule has 0 radical (unpaired) electrons. The van der Waals surface area contributed by atoms with E-state index in [1.807, 2.05) is 13.1 Å². The highest BCUT2D eigenvalue weighted by atomic mass is 14.7. The van der Waals surface area contributed by atoms with Crippen molar-refractivity contribution < 1.29 is 0 Å². The lowest BCUT2D eigenvalue weighted by Gasteiger charge is -2.11. The molecule has 2 nitrogen and oxygen atoms in total. The molecule has 1 aliphatic carbocycles. The van der Waals surface area contributed by atoms with Crippen LogP contribution in [-0.4, -0.2) is 11.5 Å². The maximum Gasteiger partial charge on any atom is 0.0372 e. The number of hydrogen-bond acceptors (Lipinski definition) is 2. The van der Waals surface area contributed by atoms with E-state index in [1.54, 1.807) is 0 Å². The molecule has 1 aliphatic rings. The Kier molecular flexibility index (Phi) is 2.08. The van der Waals surface area contributed by atoms with Gasteiger partial charge < -0.3 is 5.73 Å². The van der Waals surface area contributed by atoms with Gasteiger partial charge in [0.15, 0.2) is 0 Å². The molecule has 1 saturated carbocycles. The van der Waals surface area contributed by atoms with Crippen molar-refractivity contribution in [3.05, 3.63) is 29.6 Å². The van der Waals surface area contributed by atoms with Crippen LogP contribution in [0.3, 0.4) is 0 Å². The molecule has 0 saturated heterocycles. The van der Waals surface area contributed by atoms with E-state index in [9.17, 15) is 0 Å². The Labute approximate surface area is 79.2 Å². The zero-order valence-electron chi connectivity index (χ0n) is 8.09. The van der Waals surface area contributed by atoms with Gasteiger partial charge in [-0.05, 0) is 49.8 Å². The lowest BCUT2D eigenvalue weighted by atomic mass is 9.98. The number of aromatic nitrogens is 1. The maximum atomic E-state index is 5.73. The highest BCUT2D eigenvalue weighted by Crippen LogP contribution is 2.47. The molecule has 2 rings (SSSR count). The van der Waals surface area contributed by atoms with Crippen molar-refractivity contribution in [1.29, 1.82) is 0 Å². The van der Waals surface area contributed by atoms with Gasteiger partial charge in [-0.1, -0.05) is 6.07 Å². The monoisotopic (exact) mass is 176 g/mol. The normalized spacial score (nSPS) is 18.6. The van der Waals surface area contributed by atoms with E-state index in [0.717, 1.165) is 18.7 Å². The largest absolute Gasteiger partial charge is 0.330 e. The fourth-order valence-corrected chi connectivity index (χ4v) is 1.67. The number of aryl methyl sites for hydroxylation is 1. The average Bonchev–Trinajstić information content (AvgIpc) is 2.90. The number of nitrogens with two attached hydrogens (primary N) is 1. The van der Waals surface area contributed by atoms with Gasteiger partial charge in [0.1, 0.15) is 0 Å². The van der Waals surface area contributed by atoms with Gasteiger partial charge in [-0.15, -0.1) is 0 Å². The van der Waals surface area contributed by atoms with Crippen molar-refractivity contribution in [1.82, 2.24) is 4.98 Å². The predicted octanol–water partition coefficient (Wildman–Crippen LogP) is 1.67. The zero-order chi connectivity index (χ0) is 9.31. The molecule has 0 atom stereocenters. The van der Waals surface area contributed by atoms with Crippen LogP contribution in [0, 0.1) is 12.3 Å². The Morgan fingerprint density at radius 3 is 2.69 bits per heavy atom. The third-order valence-corrected chi connectivity index (χ3v) is 2.94. The molecule has 70 valence electrons.